The Hall–Kier alpha value is -2.47. The number of carbonyl (C=O) groups excluding carboxylic acids is 1. The van der Waals surface area contributed by atoms with E-state index < -0.39 is 0 Å². The van der Waals surface area contributed by atoms with Gasteiger partial charge in [-0.15, -0.1) is 0 Å². The van der Waals surface area contributed by atoms with Gasteiger partial charge in [0.15, 0.2) is 0 Å². The third-order valence-corrected chi connectivity index (χ3v) is 5.55. The zero-order valence-electron chi connectivity index (χ0n) is 16.2. The second kappa shape index (κ2) is 9.35. The number of fused-ring (bicyclic) bond motifs is 1. The number of benzene rings is 2. The van der Waals surface area contributed by atoms with Crippen molar-refractivity contribution in [1.82, 2.24) is 15.2 Å². The van der Waals surface area contributed by atoms with Crippen molar-refractivity contribution in [3.63, 3.8) is 0 Å². The van der Waals surface area contributed by atoms with Crippen LogP contribution in [0.3, 0.4) is 0 Å². The molecule has 1 N–H and O–H groups in total. The smallest absolute Gasteiger partial charge is 0.234 e. The molecule has 0 radical (unpaired) electrons. The highest BCUT2D eigenvalue weighted by Crippen LogP contribution is 2.28. The van der Waals surface area contributed by atoms with Gasteiger partial charge < -0.3 is 10.1 Å². The summed E-state index contributed by atoms with van der Waals surface area (Å²) in [4.78, 5) is 19.0. The van der Waals surface area contributed by atoms with Crippen LogP contribution in [-0.4, -0.2) is 48.6 Å². The van der Waals surface area contributed by atoms with Gasteiger partial charge in [-0.05, 0) is 24.1 Å². The normalized spacial score (nSPS) is 17.3. The van der Waals surface area contributed by atoms with Gasteiger partial charge in [0, 0.05) is 41.8 Å². The van der Waals surface area contributed by atoms with Gasteiger partial charge in [-0.2, -0.15) is 0 Å². The molecule has 150 valence electrons. The first-order valence-corrected chi connectivity index (χ1v) is 10.3. The first-order valence-electron chi connectivity index (χ1n) is 9.88. The molecule has 1 fully saturated rings. The average molecular weight is 410 g/mol. The number of nitrogens with one attached hydrogen (secondary N) is 1. The molecule has 29 heavy (non-hydrogen) atoms. The molecule has 0 saturated carbocycles. The lowest BCUT2D eigenvalue weighted by Crippen LogP contribution is -2.44. The molecule has 1 atom stereocenters. The van der Waals surface area contributed by atoms with Crippen LogP contribution < -0.4 is 5.32 Å². The lowest BCUT2D eigenvalue weighted by molar-refractivity contribution is -0.124. The van der Waals surface area contributed by atoms with Crippen LogP contribution in [0.2, 0.25) is 5.02 Å². The van der Waals surface area contributed by atoms with Gasteiger partial charge in [-0.3, -0.25) is 14.7 Å². The molecule has 2 aromatic carbocycles. The zero-order chi connectivity index (χ0) is 20.1. The average Bonchev–Trinajstić information content (AvgIpc) is 2.74. The van der Waals surface area contributed by atoms with Crippen molar-refractivity contribution >= 4 is 28.4 Å². The summed E-state index contributed by atoms with van der Waals surface area (Å²) in [6.07, 6.45) is 2.45. The summed E-state index contributed by atoms with van der Waals surface area (Å²) in [5.74, 6) is 0.0259. The highest BCUT2D eigenvalue weighted by molar-refractivity contribution is 6.31. The van der Waals surface area contributed by atoms with Crippen molar-refractivity contribution in [2.75, 3.05) is 32.8 Å². The topological polar surface area (TPSA) is 54.5 Å². The molecule has 0 bridgehead atoms. The summed E-state index contributed by atoms with van der Waals surface area (Å²) in [5.41, 5.74) is 3.12. The Morgan fingerprint density at radius 1 is 1.17 bits per heavy atom. The number of halogens is 1. The van der Waals surface area contributed by atoms with E-state index in [0.717, 1.165) is 35.0 Å². The minimum absolute atomic E-state index is 0.0259. The van der Waals surface area contributed by atoms with E-state index in [4.69, 9.17) is 16.3 Å². The Labute approximate surface area is 175 Å². The Kier molecular flexibility index (Phi) is 6.39. The van der Waals surface area contributed by atoms with Gasteiger partial charge >= 0.3 is 0 Å². The van der Waals surface area contributed by atoms with Crippen LogP contribution in [0.25, 0.3) is 10.9 Å². The first-order chi connectivity index (χ1) is 14.2. The lowest BCUT2D eigenvalue weighted by atomic mass is 10.1. The second-order valence-corrected chi connectivity index (χ2v) is 7.62. The highest BCUT2D eigenvalue weighted by Gasteiger charge is 2.24. The molecule has 1 saturated heterocycles. The van der Waals surface area contributed by atoms with Crippen LogP contribution in [0.4, 0.5) is 0 Å². The number of carbonyl (C=O) groups is 1. The summed E-state index contributed by atoms with van der Waals surface area (Å²) in [6, 6.07) is 17.9. The number of nitrogens with zero attached hydrogens (tertiary/aromatic N) is 2. The fraction of sp³-hybridized carbons (Fsp3) is 0.304. The third-order valence-electron chi connectivity index (χ3n) is 5.20. The van der Waals surface area contributed by atoms with Crippen molar-refractivity contribution in [2.24, 2.45) is 0 Å². The predicted octanol–water partition coefficient (Wildman–Crippen LogP) is 3.62. The van der Waals surface area contributed by atoms with Crippen LogP contribution in [0, 0.1) is 0 Å². The number of hydrogen-bond donors (Lipinski definition) is 1. The summed E-state index contributed by atoms with van der Waals surface area (Å²) < 4.78 is 5.87. The van der Waals surface area contributed by atoms with Gasteiger partial charge in [0.25, 0.3) is 0 Å². The number of morpholine rings is 1. The van der Waals surface area contributed by atoms with Gasteiger partial charge in [-0.1, -0.05) is 54.1 Å². The SMILES string of the molecule is O=C(CN1CCOC(c2ccccc2Cl)C1)NCCc1cccc2cccnc12. The molecule has 3 aromatic rings. The summed E-state index contributed by atoms with van der Waals surface area (Å²) in [6.45, 7) is 2.93. The van der Waals surface area contributed by atoms with Crippen LogP contribution in [0.1, 0.15) is 17.2 Å². The fourth-order valence-corrected chi connectivity index (χ4v) is 3.99. The van der Waals surface area contributed by atoms with E-state index in [-0.39, 0.29) is 12.0 Å². The molecule has 0 spiro atoms. The number of amides is 1. The minimum Gasteiger partial charge on any atom is -0.371 e. The van der Waals surface area contributed by atoms with Crippen LogP contribution in [-0.2, 0) is 16.0 Å². The number of pyridine rings is 1. The number of hydrogen-bond acceptors (Lipinski definition) is 4. The molecule has 5 nitrogen and oxygen atoms in total. The number of ether oxygens (including phenoxy) is 1. The maximum absolute atomic E-state index is 12.4. The maximum Gasteiger partial charge on any atom is 0.234 e. The fourth-order valence-electron chi connectivity index (χ4n) is 3.74. The number of para-hydroxylation sites is 1. The molecule has 4 rings (SSSR count). The molecule has 6 heteroatoms. The van der Waals surface area contributed by atoms with E-state index >= 15 is 0 Å². The highest BCUT2D eigenvalue weighted by atomic mass is 35.5. The lowest BCUT2D eigenvalue weighted by Gasteiger charge is -2.33. The molecule has 1 amide bonds. The van der Waals surface area contributed by atoms with E-state index in [1.807, 2.05) is 36.4 Å². The monoisotopic (exact) mass is 409 g/mol. The molecule has 1 unspecified atom stereocenters. The number of aromatic nitrogens is 1. The Morgan fingerprint density at radius 2 is 2.03 bits per heavy atom. The van der Waals surface area contributed by atoms with Crippen LogP contribution >= 0.6 is 11.6 Å². The van der Waals surface area contributed by atoms with E-state index in [9.17, 15) is 4.79 Å². The Bertz CT molecular complexity index is 989. The first kappa shape index (κ1) is 19.8. The molecule has 0 aliphatic carbocycles. The summed E-state index contributed by atoms with van der Waals surface area (Å²) >= 11 is 6.30. The Morgan fingerprint density at radius 3 is 2.93 bits per heavy atom. The van der Waals surface area contributed by atoms with Crippen molar-refractivity contribution in [3.05, 3.63) is 76.9 Å². The largest absolute Gasteiger partial charge is 0.371 e. The van der Waals surface area contributed by atoms with E-state index in [0.29, 0.717) is 31.3 Å². The van der Waals surface area contributed by atoms with Gasteiger partial charge in [0.1, 0.15) is 0 Å². The molecular weight excluding hydrogens is 386 g/mol. The van der Waals surface area contributed by atoms with Gasteiger partial charge in [0.2, 0.25) is 5.91 Å². The number of rotatable bonds is 6. The molecule has 2 heterocycles. The molecular formula is C23H24ClN3O2. The molecule has 1 aliphatic rings. The predicted molar refractivity (Wildman–Crippen MR) is 115 cm³/mol. The second-order valence-electron chi connectivity index (χ2n) is 7.21. The standard InChI is InChI=1S/C23H24ClN3O2/c24-20-9-2-1-8-19(20)21-15-27(13-14-29-21)16-22(28)25-12-10-18-6-3-5-17-7-4-11-26-23(17)18/h1-9,11,21H,10,12-16H2,(H,25,28). The van der Waals surface area contributed by atoms with E-state index in [1.165, 1.54) is 0 Å². The van der Waals surface area contributed by atoms with Crippen molar-refractivity contribution in [2.45, 2.75) is 12.5 Å². The van der Waals surface area contributed by atoms with Crippen molar-refractivity contribution in [3.8, 4) is 0 Å². The zero-order valence-corrected chi connectivity index (χ0v) is 16.9. The van der Waals surface area contributed by atoms with Gasteiger partial charge in [-0.25, -0.2) is 0 Å². The summed E-state index contributed by atoms with van der Waals surface area (Å²) in [7, 11) is 0. The van der Waals surface area contributed by atoms with Gasteiger partial charge in [0.05, 0.1) is 24.8 Å². The maximum atomic E-state index is 12.4. The van der Waals surface area contributed by atoms with E-state index in [2.05, 4.69) is 33.4 Å². The Balaban J connectivity index is 1.29. The summed E-state index contributed by atoms with van der Waals surface area (Å²) in [5, 5.41) is 4.86. The van der Waals surface area contributed by atoms with Crippen LogP contribution in [0.15, 0.2) is 60.8 Å². The minimum atomic E-state index is -0.105. The van der Waals surface area contributed by atoms with Crippen molar-refractivity contribution in [1.29, 1.82) is 0 Å². The quantitative estimate of drug-likeness (QED) is 0.675. The molecule has 1 aliphatic heterocycles. The van der Waals surface area contributed by atoms with E-state index in [1.54, 1.807) is 6.20 Å². The van der Waals surface area contributed by atoms with Crippen molar-refractivity contribution < 1.29 is 9.53 Å². The van der Waals surface area contributed by atoms with Crippen LogP contribution in [0.5, 0.6) is 0 Å². The third kappa shape index (κ3) is 4.93. The molecule has 1 aromatic heterocycles.